The molecule has 8 heteroatoms. The number of nitrogens with zero attached hydrogens (tertiary/aromatic N) is 1. The first-order valence-electron chi connectivity index (χ1n) is 10.6. The highest BCUT2D eigenvalue weighted by Gasteiger charge is 2.48. The summed E-state index contributed by atoms with van der Waals surface area (Å²) in [5.74, 6) is -0.740. The summed E-state index contributed by atoms with van der Waals surface area (Å²) >= 11 is 0. The molecule has 0 saturated carbocycles. The maximum Gasteiger partial charge on any atom is 0.337 e. The maximum atomic E-state index is 13.5. The Labute approximate surface area is 187 Å². The van der Waals surface area contributed by atoms with E-state index in [1.165, 1.54) is 21.3 Å². The van der Waals surface area contributed by atoms with Gasteiger partial charge in [0.25, 0.3) is 5.91 Å². The summed E-state index contributed by atoms with van der Waals surface area (Å²) in [6.45, 7) is 5.01. The standard InChI is InChI=1S/C24H28N2O6/c1-24(2)11-14-19(15(27)12-24)18(13-6-7-16(30-3)17(10-13)31-4)20(23(29)32-5)21-22(28)25-8-9-26(14)21/h6-7,10,18H,8-9,11-12H2,1-5H3,(H,25,28). The van der Waals surface area contributed by atoms with Crippen molar-refractivity contribution in [3.63, 3.8) is 0 Å². The number of allylic oxidation sites excluding steroid dienone is 2. The number of carbonyl (C=O) groups is 3. The summed E-state index contributed by atoms with van der Waals surface area (Å²) in [4.78, 5) is 41.4. The second kappa shape index (κ2) is 8.00. The Morgan fingerprint density at radius 3 is 2.47 bits per heavy atom. The zero-order valence-corrected chi connectivity index (χ0v) is 19.0. The number of piperazine rings is 1. The molecule has 2 aliphatic heterocycles. The van der Waals surface area contributed by atoms with Crippen LogP contribution < -0.4 is 14.8 Å². The van der Waals surface area contributed by atoms with Crippen LogP contribution in [0.5, 0.6) is 11.5 Å². The lowest BCUT2D eigenvalue weighted by Gasteiger charge is -2.46. The lowest BCUT2D eigenvalue weighted by atomic mass is 9.67. The van der Waals surface area contributed by atoms with Gasteiger partial charge in [0.05, 0.1) is 26.9 Å². The number of ketones is 1. The highest BCUT2D eigenvalue weighted by molar-refractivity contribution is 6.09. The first-order valence-corrected chi connectivity index (χ1v) is 10.6. The fraction of sp³-hybridized carbons (Fsp3) is 0.458. The number of methoxy groups -OCH3 is 3. The highest BCUT2D eigenvalue weighted by atomic mass is 16.5. The molecule has 1 aliphatic carbocycles. The molecule has 0 aromatic heterocycles. The fourth-order valence-electron chi connectivity index (χ4n) is 4.98. The minimum absolute atomic E-state index is 0.0255. The number of hydrogen-bond donors (Lipinski definition) is 1. The van der Waals surface area contributed by atoms with Crippen LogP contribution in [-0.4, -0.2) is 57.0 Å². The van der Waals surface area contributed by atoms with Crippen LogP contribution in [0.25, 0.3) is 0 Å². The molecule has 0 spiro atoms. The lowest BCUT2D eigenvalue weighted by Crippen LogP contribution is -2.51. The van der Waals surface area contributed by atoms with Crippen molar-refractivity contribution in [2.24, 2.45) is 5.41 Å². The number of fused-ring (bicyclic) bond motifs is 2. The van der Waals surface area contributed by atoms with Crippen molar-refractivity contribution >= 4 is 17.7 Å². The third-order valence-corrected chi connectivity index (χ3v) is 6.31. The molecule has 4 rings (SSSR count). The van der Waals surface area contributed by atoms with E-state index in [0.29, 0.717) is 48.6 Å². The molecular weight excluding hydrogens is 412 g/mol. The van der Waals surface area contributed by atoms with E-state index in [2.05, 4.69) is 5.32 Å². The molecule has 2 heterocycles. The van der Waals surface area contributed by atoms with Crippen molar-refractivity contribution in [1.29, 1.82) is 0 Å². The quantitative estimate of drug-likeness (QED) is 0.718. The second-order valence-electron chi connectivity index (χ2n) is 9.01. The van der Waals surface area contributed by atoms with Gasteiger partial charge in [-0.3, -0.25) is 9.59 Å². The molecule has 1 aromatic carbocycles. The zero-order valence-electron chi connectivity index (χ0n) is 19.0. The van der Waals surface area contributed by atoms with Gasteiger partial charge in [0, 0.05) is 36.7 Å². The summed E-state index contributed by atoms with van der Waals surface area (Å²) in [5, 5.41) is 2.83. The van der Waals surface area contributed by atoms with Crippen LogP contribution in [0, 0.1) is 5.41 Å². The number of benzene rings is 1. The number of carbonyl (C=O) groups excluding carboxylic acids is 3. The van der Waals surface area contributed by atoms with Gasteiger partial charge in [-0.2, -0.15) is 0 Å². The number of hydrogen-bond acceptors (Lipinski definition) is 7. The summed E-state index contributed by atoms with van der Waals surface area (Å²) in [7, 11) is 4.34. The summed E-state index contributed by atoms with van der Waals surface area (Å²) < 4.78 is 15.9. The number of rotatable bonds is 4. The molecule has 1 N–H and O–H groups in total. The van der Waals surface area contributed by atoms with E-state index < -0.39 is 11.9 Å². The topological polar surface area (TPSA) is 94.2 Å². The van der Waals surface area contributed by atoms with Crippen LogP contribution in [0.15, 0.2) is 40.7 Å². The van der Waals surface area contributed by atoms with E-state index in [1.807, 2.05) is 18.7 Å². The Morgan fingerprint density at radius 1 is 1.09 bits per heavy atom. The first kappa shape index (κ1) is 21.9. The Hall–Kier alpha value is -3.29. The minimum Gasteiger partial charge on any atom is -0.493 e. The minimum atomic E-state index is -0.740. The largest absolute Gasteiger partial charge is 0.493 e. The molecule has 170 valence electrons. The lowest BCUT2D eigenvalue weighted by molar-refractivity contribution is -0.137. The van der Waals surface area contributed by atoms with Crippen LogP contribution in [0.3, 0.4) is 0 Å². The molecule has 32 heavy (non-hydrogen) atoms. The van der Waals surface area contributed by atoms with Crippen molar-refractivity contribution in [2.75, 3.05) is 34.4 Å². The van der Waals surface area contributed by atoms with Gasteiger partial charge in [-0.25, -0.2) is 4.79 Å². The van der Waals surface area contributed by atoms with Crippen LogP contribution >= 0.6 is 0 Å². The average molecular weight is 440 g/mol. The van der Waals surface area contributed by atoms with Crippen molar-refractivity contribution in [3.05, 3.63) is 46.3 Å². The van der Waals surface area contributed by atoms with Gasteiger partial charge in [0.15, 0.2) is 17.3 Å². The molecule has 1 saturated heterocycles. The smallest absolute Gasteiger partial charge is 0.337 e. The maximum absolute atomic E-state index is 13.5. The van der Waals surface area contributed by atoms with Crippen LogP contribution in [0.4, 0.5) is 0 Å². The van der Waals surface area contributed by atoms with Crippen LogP contribution in [-0.2, 0) is 19.1 Å². The SMILES string of the molecule is COC(=O)C1=C2C(=O)NCCN2C2=C(C(=O)CC(C)(C)C2)C1c1ccc(OC)c(OC)c1. The Kier molecular flexibility index (Phi) is 5.48. The van der Waals surface area contributed by atoms with Gasteiger partial charge in [-0.1, -0.05) is 19.9 Å². The predicted molar refractivity (Wildman–Crippen MR) is 116 cm³/mol. The van der Waals surface area contributed by atoms with E-state index in [9.17, 15) is 14.4 Å². The molecule has 1 unspecified atom stereocenters. The normalized spacial score (nSPS) is 22.2. The number of amides is 1. The van der Waals surface area contributed by atoms with Gasteiger partial charge in [-0.05, 0) is 29.5 Å². The van der Waals surface area contributed by atoms with Gasteiger partial charge in [0.2, 0.25) is 0 Å². The molecule has 0 radical (unpaired) electrons. The highest BCUT2D eigenvalue weighted by Crippen LogP contribution is 2.51. The number of esters is 1. The second-order valence-corrected chi connectivity index (χ2v) is 9.01. The molecule has 1 atom stereocenters. The van der Waals surface area contributed by atoms with E-state index in [-0.39, 0.29) is 28.4 Å². The van der Waals surface area contributed by atoms with E-state index in [1.54, 1.807) is 18.2 Å². The van der Waals surface area contributed by atoms with Gasteiger partial charge in [-0.15, -0.1) is 0 Å². The van der Waals surface area contributed by atoms with Gasteiger partial charge in [0.1, 0.15) is 5.70 Å². The van der Waals surface area contributed by atoms with Crippen molar-refractivity contribution in [2.45, 2.75) is 32.6 Å². The molecule has 0 bridgehead atoms. The van der Waals surface area contributed by atoms with Gasteiger partial charge < -0.3 is 24.4 Å². The molecular formula is C24H28N2O6. The third kappa shape index (κ3) is 3.43. The molecule has 3 aliphatic rings. The molecule has 1 aromatic rings. The number of ether oxygens (including phenoxy) is 3. The van der Waals surface area contributed by atoms with Gasteiger partial charge >= 0.3 is 5.97 Å². The Balaban J connectivity index is 2.02. The van der Waals surface area contributed by atoms with Crippen molar-refractivity contribution in [3.8, 4) is 11.5 Å². The van der Waals surface area contributed by atoms with Crippen LogP contribution in [0.1, 0.15) is 38.2 Å². The van der Waals surface area contributed by atoms with E-state index in [4.69, 9.17) is 14.2 Å². The molecule has 1 amide bonds. The van der Waals surface area contributed by atoms with Crippen LogP contribution in [0.2, 0.25) is 0 Å². The zero-order chi connectivity index (χ0) is 23.2. The predicted octanol–water partition coefficient (Wildman–Crippen LogP) is 2.30. The van der Waals surface area contributed by atoms with Crippen molar-refractivity contribution in [1.82, 2.24) is 10.2 Å². The number of Topliss-reactive ketones (excluding diaryl/α,β-unsaturated/α-hetero) is 1. The summed E-state index contributed by atoms with van der Waals surface area (Å²) in [5.41, 5.74) is 2.20. The summed E-state index contributed by atoms with van der Waals surface area (Å²) in [6, 6.07) is 5.28. The Morgan fingerprint density at radius 2 is 1.81 bits per heavy atom. The molecule has 8 nitrogen and oxygen atoms in total. The molecule has 1 fully saturated rings. The monoisotopic (exact) mass is 440 g/mol. The third-order valence-electron chi connectivity index (χ3n) is 6.31. The number of nitrogens with one attached hydrogen (secondary N) is 1. The first-order chi connectivity index (χ1) is 15.2. The average Bonchev–Trinajstić information content (AvgIpc) is 2.76. The van der Waals surface area contributed by atoms with E-state index >= 15 is 0 Å². The van der Waals surface area contributed by atoms with E-state index in [0.717, 1.165) is 5.70 Å². The fourth-order valence-corrected chi connectivity index (χ4v) is 4.98. The Bertz CT molecular complexity index is 1070. The summed E-state index contributed by atoms with van der Waals surface area (Å²) in [6.07, 6.45) is 0.989. The van der Waals surface area contributed by atoms with Crippen molar-refractivity contribution < 1.29 is 28.6 Å².